The number of amides is 1. The van der Waals surface area contributed by atoms with E-state index >= 15 is 0 Å². The predicted molar refractivity (Wildman–Crippen MR) is 115 cm³/mol. The maximum absolute atomic E-state index is 12.8. The fourth-order valence-corrected chi connectivity index (χ4v) is 3.67. The molecular formula is C20H28ClN3O3S. The lowest BCUT2D eigenvalue weighted by Gasteiger charge is -2.33. The summed E-state index contributed by atoms with van der Waals surface area (Å²) in [7, 11) is -2.21. The van der Waals surface area contributed by atoms with Crippen molar-refractivity contribution < 1.29 is 13.2 Å². The van der Waals surface area contributed by atoms with Crippen molar-refractivity contribution in [2.45, 2.75) is 31.2 Å². The quantitative estimate of drug-likeness (QED) is 0.713. The van der Waals surface area contributed by atoms with E-state index in [0.717, 1.165) is 0 Å². The van der Waals surface area contributed by atoms with Crippen molar-refractivity contribution in [1.82, 2.24) is 5.32 Å². The Morgan fingerprint density at radius 1 is 1.11 bits per heavy atom. The molecule has 3 N–H and O–H groups in total. The lowest BCUT2D eigenvalue weighted by Crippen LogP contribution is -2.55. The summed E-state index contributed by atoms with van der Waals surface area (Å²) in [6.45, 7) is 6.18. The second-order valence-electron chi connectivity index (χ2n) is 7.06. The van der Waals surface area contributed by atoms with E-state index in [-0.39, 0.29) is 29.1 Å². The van der Waals surface area contributed by atoms with Crippen LogP contribution >= 0.6 is 12.4 Å². The van der Waals surface area contributed by atoms with Gasteiger partial charge in [0, 0.05) is 19.2 Å². The first-order valence-electron chi connectivity index (χ1n) is 8.78. The third kappa shape index (κ3) is 5.04. The first kappa shape index (κ1) is 23.9. The van der Waals surface area contributed by atoms with Gasteiger partial charge in [0.2, 0.25) is 0 Å². The topological polar surface area (TPSA) is 92.5 Å². The number of carbonyl (C=O) groups is 1. The number of rotatable bonds is 7. The van der Waals surface area contributed by atoms with Gasteiger partial charge in [-0.3, -0.25) is 9.10 Å². The molecule has 0 fully saturated rings. The highest BCUT2D eigenvalue weighted by atomic mass is 35.5. The largest absolute Gasteiger partial charge is 0.345 e. The van der Waals surface area contributed by atoms with Crippen molar-refractivity contribution in [2.24, 2.45) is 11.7 Å². The number of sulfonamides is 1. The molecule has 1 unspecified atom stereocenters. The molecule has 0 heterocycles. The van der Waals surface area contributed by atoms with Gasteiger partial charge in [0.1, 0.15) is 0 Å². The minimum atomic E-state index is -3.71. The zero-order valence-electron chi connectivity index (χ0n) is 16.5. The molecule has 0 saturated heterocycles. The Morgan fingerprint density at radius 3 is 2.11 bits per heavy atom. The van der Waals surface area contributed by atoms with E-state index in [1.807, 2.05) is 26.8 Å². The highest BCUT2D eigenvalue weighted by molar-refractivity contribution is 7.92. The van der Waals surface area contributed by atoms with E-state index in [0.29, 0.717) is 17.8 Å². The number of nitrogens with two attached hydrogens (primary N) is 1. The van der Waals surface area contributed by atoms with E-state index in [1.165, 1.54) is 35.6 Å². The monoisotopic (exact) mass is 425 g/mol. The second-order valence-corrected chi connectivity index (χ2v) is 9.03. The van der Waals surface area contributed by atoms with Crippen LogP contribution in [-0.2, 0) is 10.0 Å². The molecule has 6 nitrogen and oxygen atoms in total. The molecular weight excluding hydrogens is 398 g/mol. The Bertz CT molecular complexity index is 887. The SMILES string of the molecule is CC(C)C(C)(CN)NC(=O)c1ccc(S(=O)(=O)N(C)c2ccccc2)cc1.Cl. The molecule has 8 heteroatoms. The van der Waals surface area contributed by atoms with Crippen LogP contribution in [0.2, 0.25) is 0 Å². The molecule has 1 amide bonds. The van der Waals surface area contributed by atoms with Gasteiger partial charge in [-0.15, -0.1) is 12.4 Å². The van der Waals surface area contributed by atoms with Crippen LogP contribution in [0.4, 0.5) is 5.69 Å². The van der Waals surface area contributed by atoms with Crippen LogP contribution in [-0.4, -0.2) is 33.5 Å². The Labute approximate surface area is 173 Å². The molecule has 1 atom stereocenters. The zero-order valence-corrected chi connectivity index (χ0v) is 18.2. The van der Waals surface area contributed by atoms with Gasteiger partial charge in [0.15, 0.2) is 0 Å². The molecule has 0 aromatic heterocycles. The van der Waals surface area contributed by atoms with Crippen LogP contribution in [0.1, 0.15) is 31.1 Å². The summed E-state index contributed by atoms with van der Waals surface area (Å²) in [6, 6.07) is 14.7. The van der Waals surface area contributed by atoms with Gasteiger partial charge in [0.25, 0.3) is 15.9 Å². The normalized spacial score (nSPS) is 13.4. The molecule has 154 valence electrons. The maximum Gasteiger partial charge on any atom is 0.264 e. The summed E-state index contributed by atoms with van der Waals surface area (Å²) in [6.07, 6.45) is 0. The van der Waals surface area contributed by atoms with Crippen LogP contribution in [0.15, 0.2) is 59.5 Å². The summed E-state index contributed by atoms with van der Waals surface area (Å²) in [5, 5.41) is 2.94. The summed E-state index contributed by atoms with van der Waals surface area (Å²) >= 11 is 0. The Morgan fingerprint density at radius 2 is 1.64 bits per heavy atom. The van der Waals surface area contributed by atoms with Gasteiger partial charge < -0.3 is 11.1 Å². The molecule has 2 aromatic rings. The number of anilines is 1. The average molecular weight is 426 g/mol. The van der Waals surface area contributed by atoms with Crippen LogP contribution in [0.5, 0.6) is 0 Å². The van der Waals surface area contributed by atoms with Gasteiger partial charge in [-0.05, 0) is 49.2 Å². The number of nitrogens with zero attached hydrogens (tertiary/aromatic N) is 1. The number of hydrogen-bond acceptors (Lipinski definition) is 4. The number of benzene rings is 2. The van der Waals surface area contributed by atoms with Gasteiger partial charge in [-0.25, -0.2) is 8.42 Å². The smallest absolute Gasteiger partial charge is 0.264 e. The number of halogens is 1. The zero-order chi connectivity index (χ0) is 20.2. The molecule has 0 spiro atoms. The first-order valence-corrected chi connectivity index (χ1v) is 10.2. The summed E-state index contributed by atoms with van der Waals surface area (Å²) in [5.74, 6) is -0.123. The van der Waals surface area contributed by atoms with Gasteiger partial charge >= 0.3 is 0 Å². The summed E-state index contributed by atoms with van der Waals surface area (Å²) < 4.78 is 26.8. The van der Waals surface area contributed by atoms with Crippen LogP contribution < -0.4 is 15.4 Å². The second kappa shape index (κ2) is 9.41. The van der Waals surface area contributed by atoms with E-state index in [1.54, 1.807) is 24.3 Å². The molecule has 0 aliphatic heterocycles. The number of hydrogen-bond donors (Lipinski definition) is 2. The van der Waals surface area contributed by atoms with E-state index in [2.05, 4.69) is 5.32 Å². The fourth-order valence-electron chi connectivity index (χ4n) is 2.48. The van der Waals surface area contributed by atoms with Crippen molar-refractivity contribution in [3.63, 3.8) is 0 Å². The third-order valence-corrected chi connectivity index (χ3v) is 6.79. The molecule has 0 radical (unpaired) electrons. The lowest BCUT2D eigenvalue weighted by molar-refractivity contribution is 0.0883. The maximum atomic E-state index is 12.8. The van der Waals surface area contributed by atoms with Crippen LogP contribution in [0, 0.1) is 5.92 Å². The Balaban J connectivity index is 0.00000392. The van der Waals surface area contributed by atoms with Crippen molar-refractivity contribution in [1.29, 1.82) is 0 Å². The van der Waals surface area contributed by atoms with Crippen LogP contribution in [0.25, 0.3) is 0 Å². The Hall–Kier alpha value is -2.09. The number of para-hydroxylation sites is 1. The Kier molecular flexibility index (Phi) is 8.05. The molecule has 0 bridgehead atoms. The van der Waals surface area contributed by atoms with E-state index in [4.69, 9.17) is 5.73 Å². The summed E-state index contributed by atoms with van der Waals surface area (Å²) in [4.78, 5) is 12.6. The molecule has 2 rings (SSSR count). The van der Waals surface area contributed by atoms with Crippen molar-refractivity contribution >= 4 is 34.0 Å². The van der Waals surface area contributed by atoms with Gasteiger partial charge in [-0.1, -0.05) is 32.0 Å². The molecule has 0 aliphatic carbocycles. The minimum Gasteiger partial charge on any atom is -0.345 e. The fraction of sp³-hybridized carbons (Fsp3) is 0.350. The first-order chi connectivity index (χ1) is 12.6. The number of nitrogens with one attached hydrogen (secondary N) is 1. The lowest BCUT2D eigenvalue weighted by atomic mass is 9.88. The molecule has 0 aliphatic rings. The average Bonchev–Trinajstić information content (AvgIpc) is 2.67. The van der Waals surface area contributed by atoms with Gasteiger partial charge in [0.05, 0.1) is 16.1 Å². The third-order valence-electron chi connectivity index (χ3n) is 4.99. The minimum absolute atomic E-state index is 0. The highest BCUT2D eigenvalue weighted by Crippen LogP contribution is 2.22. The van der Waals surface area contributed by atoms with E-state index < -0.39 is 15.6 Å². The molecule has 28 heavy (non-hydrogen) atoms. The molecule has 2 aromatic carbocycles. The standard InChI is InChI=1S/C20H27N3O3S.ClH/c1-15(2)20(3,14-21)22-19(24)16-10-12-18(13-11-16)27(25,26)23(4)17-8-6-5-7-9-17;/h5-13,15H,14,21H2,1-4H3,(H,22,24);1H. The summed E-state index contributed by atoms with van der Waals surface area (Å²) in [5.41, 5.74) is 6.22. The molecule has 0 saturated carbocycles. The van der Waals surface area contributed by atoms with Crippen molar-refractivity contribution in [2.75, 3.05) is 17.9 Å². The number of carbonyl (C=O) groups excluding carboxylic acids is 1. The van der Waals surface area contributed by atoms with Gasteiger partial charge in [-0.2, -0.15) is 0 Å². The van der Waals surface area contributed by atoms with Crippen molar-refractivity contribution in [3.8, 4) is 0 Å². The van der Waals surface area contributed by atoms with Crippen LogP contribution in [0.3, 0.4) is 0 Å². The van der Waals surface area contributed by atoms with Crippen molar-refractivity contribution in [3.05, 3.63) is 60.2 Å². The van der Waals surface area contributed by atoms with E-state index in [9.17, 15) is 13.2 Å². The predicted octanol–water partition coefficient (Wildman–Crippen LogP) is 3.04. The highest BCUT2D eigenvalue weighted by Gasteiger charge is 2.29.